The average Bonchev–Trinajstić information content (AvgIpc) is 3.45. The Labute approximate surface area is 200 Å². The minimum absolute atomic E-state index is 0.00205. The van der Waals surface area contributed by atoms with E-state index in [2.05, 4.69) is 20.3 Å². The van der Waals surface area contributed by atoms with E-state index in [4.69, 9.17) is 0 Å². The fraction of sp³-hybridized carbons (Fsp3) is 0.364. The van der Waals surface area contributed by atoms with Gasteiger partial charge in [0.15, 0.2) is 5.03 Å². The van der Waals surface area contributed by atoms with Crippen LogP contribution in [0.4, 0.5) is 13.2 Å². The second kappa shape index (κ2) is 9.38. The van der Waals surface area contributed by atoms with E-state index < -0.39 is 33.7 Å². The lowest BCUT2D eigenvalue weighted by atomic mass is 10.1. The number of imidazole rings is 1. The zero-order chi connectivity index (χ0) is 25.4. The SMILES string of the molecule is Cc1nc(S(=O)(=O)N2CCCC2C(=O)NCc2cc(-c3ccc(C(F)(F)F)cc3)ncn2)cn1C. The highest BCUT2D eigenvalue weighted by molar-refractivity contribution is 7.89. The number of rotatable bonds is 6. The Morgan fingerprint density at radius 1 is 1.20 bits per heavy atom. The zero-order valence-electron chi connectivity index (χ0n) is 19.0. The molecule has 0 bridgehead atoms. The molecule has 35 heavy (non-hydrogen) atoms. The predicted octanol–water partition coefficient (Wildman–Crippen LogP) is 2.67. The summed E-state index contributed by atoms with van der Waals surface area (Å²) in [4.78, 5) is 25.2. The Kier molecular flexibility index (Phi) is 6.64. The van der Waals surface area contributed by atoms with Crippen LogP contribution in [0.2, 0.25) is 0 Å². The van der Waals surface area contributed by atoms with Crippen molar-refractivity contribution < 1.29 is 26.4 Å². The van der Waals surface area contributed by atoms with Gasteiger partial charge in [-0.25, -0.2) is 23.4 Å². The average molecular weight is 509 g/mol. The maximum absolute atomic E-state index is 13.1. The number of sulfonamides is 1. The molecule has 0 aliphatic carbocycles. The van der Waals surface area contributed by atoms with Crippen LogP contribution >= 0.6 is 0 Å². The van der Waals surface area contributed by atoms with Gasteiger partial charge in [-0.3, -0.25) is 4.79 Å². The number of amides is 1. The first-order chi connectivity index (χ1) is 16.5. The molecule has 0 spiro atoms. The third-order valence-corrected chi connectivity index (χ3v) is 7.62. The van der Waals surface area contributed by atoms with Crippen molar-refractivity contribution in [3.8, 4) is 11.3 Å². The van der Waals surface area contributed by atoms with Crippen LogP contribution in [-0.4, -0.2) is 50.7 Å². The molecule has 3 heterocycles. The van der Waals surface area contributed by atoms with E-state index in [1.165, 1.54) is 24.7 Å². The van der Waals surface area contributed by atoms with Crippen molar-refractivity contribution in [3.05, 3.63) is 59.9 Å². The minimum atomic E-state index is -4.43. The predicted molar refractivity (Wildman–Crippen MR) is 119 cm³/mol. The summed E-state index contributed by atoms with van der Waals surface area (Å²) in [6.07, 6.45) is -0.853. The molecule has 2 aromatic heterocycles. The minimum Gasteiger partial charge on any atom is -0.349 e. The topological polar surface area (TPSA) is 110 Å². The molecule has 186 valence electrons. The number of alkyl halides is 3. The van der Waals surface area contributed by atoms with Gasteiger partial charge in [0.2, 0.25) is 5.91 Å². The van der Waals surface area contributed by atoms with Crippen molar-refractivity contribution >= 4 is 15.9 Å². The first-order valence-corrected chi connectivity index (χ1v) is 12.2. The fourth-order valence-corrected chi connectivity index (χ4v) is 5.52. The maximum Gasteiger partial charge on any atom is 0.416 e. The molecule has 3 aromatic rings. The highest BCUT2D eigenvalue weighted by Gasteiger charge is 2.40. The monoisotopic (exact) mass is 508 g/mol. The highest BCUT2D eigenvalue weighted by Crippen LogP contribution is 2.30. The van der Waals surface area contributed by atoms with Crippen molar-refractivity contribution in [1.29, 1.82) is 0 Å². The van der Waals surface area contributed by atoms with E-state index in [-0.39, 0.29) is 18.1 Å². The molecule has 1 unspecified atom stereocenters. The number of hydrogen-bond donors (Lipinski definition) is 1. The maximum atomic E-state index is 13.1. The van der Waals surface area contributed by atoms with Crippen LogP contribution in [-0.2, 0) is 34.6 Å². The van der Waals surface area contributed by atoms with Crippen LogP contribution in [0.15, 0.2) is 47.9 Å². The molecule has 1 aliphatic heterocycles. The van der Waals surface area contributed by atoms with Gasteiger partial charge >= 0.3 is 6.18 Å². The Hall–Kier alpha value is -3.32. The molecule has 4 rings (SSSR count). The van der Waals surface area contributed by atoms with Crippen molar-refractivity contribution in [2.75, 3.05) is 6.54 Å². The summed E-state index contributed by atoms with van der Waals surface area (Å²) in [6, 6.07) is 5.25. The molecular weight excluding hydrogens is 485 g/mol. The molecular formula is C22H23F3N6O3S. The van der Waals surface area contributed by atoms with Crippen LogP contribution in [0.25, 0.3) is 11.3 Å². The van der Waals surface area contributed by atoms with E-state index in [0.29, 0.717) is 35.6 Å². The molecule has 1 N–H and O–H groups in total. The van der Waals surface area contributed by atoms with Gasteiger partial charge in [0.05, 0.1) is 23.5 Å². The number of nitrogens with zero attached hydrogens (tertiary/aromatic N) is 5. The van der Waals surface area contributed by atoms with Crippen LogP contribution in [0, 0.1) is 6.92 Å². The van der Waals surface area contributed by atoms with E-state index in [0.717, 1.165) is 16.4 Å². The van der Waals surface area contributed by atoms with Gasteiger partial charge in [0.1, 0.15) is 18.2 Å². The van der Waals surface area contributed by atoms with E-state index in [9.17, 15) is 26.4 Å². The number of aromatic nitrogens is 4. The van der Waals surface area contributed by atoms with Gasteiger partial charge in [-0.2, -0.15) is 17.5 Å². The Morgan fingerprint density at radius 3 is 2.54 bits per heavy atom. The van der Waals surface area contributed by atoms with E-state index in [1.54, 1.807) is 24.6 Å². The highest BCUT2D eigenvalue weighted by atomic mass is 32.2. The Morgan fingerprint density at radius 2 is 1.91 bits per heavy atom. The van der Waals surface area contributed by atoms with Crippen LogP contribution in [0.1, 0.15) is 29.9 Å². The molecule has 9 nitrogen and oxygen atoms in total. The largest absolute Gasteiger partial charge is 0.416 e. The van der Waals surface area contributed by atoms with Crippen LogP contribution in [0.5, 0.6) is 0 Å². The van der Waals surface area contributed by atoms with Gasteiger partial charge < -0.3 is 9.88 Å². The van der Waals surface area contributed by atoms with Gasteiger partial charge in [0, 0.05) is 25.4 Å². The van der Waals surface area contributed by atoms with Crippen LogP contribution < -0.4 is 5.32 Å². The third kappa shape index (κ3) is 5.20. The lowest BCUT2D eigenvalue weighted by molar-refractivity contribution is -0.137. The summed E-state index contributed by atoms with van der Waals surface area (Å²) in [5.41, 5.74) is 0.524. The standard InChI is InChI=1S/C22H23F3N6O3S/c1-14-29-20(12-30(14)2)35(33,34)31-9-3-4-19(31)21(32)26-11-17-10-18(28-13-27-17)15-5-7-16(8-6-15)22(23,24)25/h5-8,10,12-13,19H,3-4,9,11H2,1-2H3,(H,26,32). The van der Waals surface area contributed by atoms with Crippen molar-refractivity contribution in [2.24, 2.45) is 7.05 Å². The number of benzene rings is 1. The molecule has 13 heteroatoms. The molecule has 1 aliphatic rings. The molecule has 1 saturated heterocycles. The Bertz CT molecular complexity index is 1320. The quantitative estimate of drug-likeness (QED) is 0.548. The molecule has 1 atom stereocenters. The third-order valence-electron chi connectivity index (χ3n) is 5.84. The normalized spacial score (nSPS) is 17.0. The summed E-state index contributed by atoms with van der Waals surface area (Å²) < 4.78 is 67.3. The van der Waals surface area contributed by atoms with Crippen molar-refractivity contribution in [1.82, 2.24) is 29.1 Å². The second-order valence-corrected chi connectivity index (χ2v) is 10.0. The summed E-state index contributed by atoms with van der Waals surface area (Å²) in [6.45, 7) is 1.90. The second-order valence-electron chi connectivity index (χ2n) is 8.20. The summed E-state index contributed by atoms with van der Waals surface area (Å²) in [7, 11) is -2.25. The van der Waals surface area contributed by atoms with Gasteiger partial charge in [0.25, 0.3) is 10.0 Å². The summed E-state index contributed by atoms with van der Waals surface area (Å²) >= 11 is 0. The first-order valence-electron chi connectivity index (χ1n) is 10.7. The fourth-order valence-electron chi connectivity index (χ4n) is 3.84. The Balaban J connectivity index is 1.45. The summed E-state index contributed by atoms with van der Waals surface area (Å²) in [5, 5.41) is 2.61. The molecule has 1 aromatic carbocycles. The zero-order valence-corrected chi connectivity index (χ0v) is 19.8. The first kappa shape index (κ1) is 24.8. The molecule has 0 radical (unpaired) electrons. The number of carbonyl (C=O) groups is 1. The molecule has 0 saturated carbocycles. The summed E-state index contributed by atoms with van der Waals surface area (Å²) in [5.74, 6) is 0.0739. The van der Waals surface area contributed by atoms with E-state index >= 15 is 0 Å². The number of aryl methyl sites for hydroxylation is 2. The van der Waals surface area contributed by atoms with E-state index in [1.807, 2.05) is 0 Å². The number of carbonyl (C=O) groups excluding carboxylic acids is 1. The van der Waals surface area contributed by atoms with Crippen LogP contribution in [0.3, 0.4) is 0 Å². The molecule has 1 fully saturated rings. The van der Waals surface area contributed by atoms with Crippen molar-refractivity contribution in [2.45, 2.75) is 43.6 Å². The lowest BCUT2D eigenvalue weighted by Gasteiger charge is -2.22. The van der Waals surface area contributed by atoms with Gasteiger partial charge in [-0.15, -0.1) is 0 Å². The van der Waals surface area contributed by atoms with Gasteiger partial charge in [-0.1, -0.05) is 12.1 Å². The number of halogens is 3. The van der Waals surface area contributed by atoms with Crippen molar-refractivity contribution in [3.63, 3.8) is 0 Å². The number of nitrogens with one attached hydrogen (secondary N) is 1. The smallest absolute Gasteiger partial charge is 0.349 e. The van der Waals surface area contributed by atoms with Gasteiger partial charge in [-0.05, 0) is 38.0 Å². The number of hydrogen-bond acceptors (Lipinski definition) is 6. The lowest BCUT2D eigenvalue weighted by Crippen LogP contribution is -2.45. The molecule has 1 amide bonds.